The van der Waals surface area contributed by atoms with Gasteiger partial charge in [0.1, 0.15) is 0 Å². The molecular formula is C132H90N6S3. The smallest absolute Gasteiger partial charge is 0.0727 e. The summed E-state index contributed by atoms with van der Waals surface area (Å²) >= 11 is 5.70. The van der Waals surface area contributed by atoms with Gasteiger partial charge in [-0.15, -0.1) is 34.0 Å². The van der Waals surface area contributed by atoms with Gasteiger partial charge in [0.05, 0.1) is 47.2 Å². The van der Waals surface area contributed by atoms with E-state index in [0.29, 0.717) is 0 Å². The zero-order valence-corrected chi connectivity index (χ0v) is 79.3. The van der Waals surface area contributed by atoms with Crippen LogP contribution in [0.3, 0.4) is 0 Å². The minimum atomic E-state index is 1.12. The standard InChI is InChI=1S/C50H34N2S.C44H30N2S.C38H26N2S/c1-4-13-35(14-5-1)36-23-25-37(26-24-36)38-27-31-42(32-28-38)51(40-15-6-2-7-16-40)43-33-29-39(30-34-43)44-20-12-21-46-48-50(53-49(44)46)45-19-10-11-22-47(45)52(48)41-17-8-3-9-18-41;1-4-13-31(14-5-1)32-23-27-36(28-24-32)45(34-15-6-2-7-16-34)37-29-25-33(26-30-37)38-20-12-21-40-42-44(47-43(38)40)39-19-10-11-22-41(39)46(42)35-17-8-3-9-18-35;1-4-13-28(14-5-1)39(29-15-6-2-7-16-29)31-25-23-27(24-26-31)32-20-12-21-34-36-38(41-37(32)34)33-19-10-11-22-35(33)40(36)30-17-8-3-9-18-30/h1-34H;1-30H;1-26H. The lowest BCUT2D eigenvalue weighted by Gasteiger charge is -2.26. The Labute approximate surface area is 830 Å². The van der Waals surface area contributed by atoms with E-state index in [4.69, 9.17) is 0 Å². The second kappa shape index (κ2) is 37.4. The van der Waals surface area contributed by atoms with Crippen molar-refractivity contribution in [1.29, 1.82) is 0 Å². The molecule has 0 aliphatic heterocycles. The summed E-state index contributed by atoms with van der Waals surface area (Å²) in [5.74, 6) is 0. The van der Waals surface area contributed by atoms with Crippen LogP contribution in [0, 0.1) is 0 Å². The van der Waals surface area contributed by atoms with Gasteiger partial charge in [-0.3, -0.25) is 0 Å². The lowest BCUT2D eigenvalue weighted by Crippen LogP contribution is -2.09. The summed E-state index contributed by atoms with van der Waals surface area (Å²) in [4.78, 5) is 6.97. The third-order valence-electron chi connectivity index (χ3n) is 27.0. The fourth-order valence-electron chi connectivity index (χ4n) is 20.4. The van der Waals surface area contributed by atoms with Crippen molar-refractivity contribution in [3.63, 3.8) is 0 Å². The highest BCUT2D eigenvalue weighted by atomic mass is 32.1. The summed E-state index contributed by atoms with van der Waals surface area (Å²) in [6.45, 7) is 0. The largest absolute Gasteiger partial charge is 0.311 e. The number of benzene rings is 21. The molecule has 0 spiro atoms. The molecule has 0 bridgehead atoms. The number of rotatable bonds is 18. The summed E-state index contributed by atoms with van der Waals surface area (Å²) in [5.41, 5.74) is 36.0. The van der Waals surface area contributed by atoms with E-state index in [9.17, 15) is 0 Å². The van der Waals surface area contributed by atoms with Gasteiger partial charge >= 0.3 is 0 Å². The van der Waals surface area contributed by atoms with Crippen molar-refractivity contribution in [1.82, 2.24) is 13.7 Å². The Bertz CT molecular complexity index is 9090. The van der Waals surface area contributed by atoms with Crippen molar-refractivity contribution in [3.05, 3.63) is 546 Å². The van der Waals surface area contributed by atoms with Gasteiger partial charge in [-0.25, -0.2) is 0 Å². The quantitative estimate of drug-likeness (QED) is 0.0856. The van der Waals surface area contributed by atoms with Crippen molar-refractivity contribution in [2.24, 2.45) is 0 Å². The minimum Gasteiger partial charge on any atom is -0.311 e. The number of anilines is 9. The summed E-state index contributed by atoms with van der Waals surface area (Å²) in [7, 11) is 0. The normalized spacial score (nSPS) is 11.4. The van der Waals surface area contributed by atoms with Crippen LogP contribution < -0.4 is 14.7 Å². The Kier molecular flexibility index (Phi) is 22.6. The number of hydrogen-bond acceptors (Lipinski definition) is 6. The molecule has 0 saturated heterocycles. The van der Waals surface area contributed by atoms with Crippen LogP contribution in [0.4, 0.5) is 51.2 Å². The van der Waals surface area contributed by atoms with Gasteiger partial charge in [-0.05, 0) is 231 Å². The Hall–Kier alpha value is -17.7. The number of para-hydroxylation sites is 10. The summed E-state index contributed by atoms with van der Waals surface area (Å²) < 4.78 is 15.2. The minimum absolute atomic E-state index is 1.12. The van der Waals surface area contributed by atoms with Crippen molar-refractivity contribution < 1.29 is 0 Å². The molecule has 666 valence electrons. The molecule has 0 saturated carbocycles. The molecule has 6 aromatic heterocycles. The predicted octanol–water partition coefficient (Wildman–Crippen LogP) is 38.4. The topological polar surface area (TPSA) is 24.5 Å². The van der Waals surface area contributed by atoms with Gasteiger partial charge in [-0.2, -0.15) is 0 Å². The van der Waals surface area contributed by atoms with Gasteiger partial charge in [0.25, 0.3) is 0 Å². The van der Waals surface area contributed by atoms with Crippen LogP contribution in [-0.2, 0) is 0 Å². The molecule has 0 aliphatic rings. The van der Waals surface area contributed by atoms with Gasteiger partial charge < -0.3 is 28.4 Å². The summed E-state index contributed by atoms with van der Waals surface area (Å²) in [6, 6.07) is 196. The summed E-state index contributed by atoms with van der Waals surface area (Å²) in [5, 5.41) is 7.76. The molecular weight excluding hydrogens is 1770 g/mol. The van der Waals surface area contributed by atoms with Crippen LogP contribution in [0.1, 0.15) is 0 Å². The van der Waals surface area contributed by atoms with Gasteiger partial charge in [0, 0.05) is 115 Å². The third kappa shape index (κ3) is 15.9. The molecule has 6 nitrogen and oxygen atoms in total. The number of fused-ring (bicyclic) bond motifs is 15. The number of aromatic nitrogens is 3. The number of thiophene rings is 3. The van der Waals surface area contributed by atoms with E-state index in [-0.39, 0.29) is 0 Å². The van der Waals surface area contributed by atoms with E-state index in [1.165, 1.54) is 177 Å². The Morgan fingerprint density at radius 1 is 0.128 bits per heavy atom. The first-order chi connectivity index (χ1) is 70.0. The van der Waals surface area contributed by atoms with E-state index in [1.807, 2.05) is 34.0 Å². The first-order valence-electron chi connectivity index (χ1n) is 47.8. The maximum Gasteiger partial charge on any atom is 0.0727 e. The van der Waals surface area contributed by atoms with Gasteiger partial charge in [0.15, 0.2) is 0 Å². The third-order valence-corrected chi connectivity index (χ3v) is 30.8. The molecule has 21 aromatic carbocycles. The molecule has 0 N–H and O–H groups in total. The van der Waals surface area contributed by atoms with Crippen molar-refractivity contribution >= 4 is 179 Å². The molecule has 0 radical (unpaired) electrons. The predicted molar refractivity (Wildman–Crippen MR) is 605 cm³/mol. The second-order valence-electron chi connectivity index (χ2n) is 35.3. The van der Waals surface area contributed by atoms with E-state index < -0.39 is 0 Å². The van der Waals surface area contributed by atoms with Gasteiger partial charge in [0.2, 0.25) is 0 Å². The molecule has 141 heavy (non-hydrogen) atoms. The summed E-state index contributed by atoms with van der Waals surface area (Å²) in [6.07, 6.45) is 0. The molecule has 0 unspecified atom stereocenters. The Balaban J connectivity index is 0.000000112. The van der Waals surface area contributed by atoms with Crippen molar-refractivity contribution in [2.75, 3.05) is 14.7 Å². The molecule has 9 heteroatoms. The molecule has 0 fully saturated rings. The Morgan fingerprint density at radius 3 is 0.546 bits per heavy atom. The highest BCUT2D eigenvalue weighted by Crippen LogP contribution is 2.52. The SMILES string of the molecule is c1ccc(-c2ccc(-c3ccc(N(c4ccccc4)c4ccc(-c5cccc6c5sc5c7ccccc7n(-c7ccccc7)c65)cc4)cc3)cc2)cc1.c1ccc(-c2ccc(N(c3ccccc3)c3ccc(-c4cccc5c4sc4c6ccccc6n(-c6ccccc6)c54)cc3)cc2)cc1.c1ccc(N(c2ccccc2)c2ccc(-c3cccc4c3sc3c5ccccc5n(-c5ccccc5)c43)cc2)cc1. The monoisotopic (exact) mass is 1850 g/mol. The van der Waals surface area contributed by atoms with Crippen LogP contribution >= 0.6 is 34.0 Å². The maximum absolute atomic E-state index is 2.43. The molecule has 27 aromatic rings. The van der Waals surface area contributed by atoms with Crippen LogP contribution in [0.2, 0.25) is 0 Å². The number of nitrogens with zero attached hydrogens (tertiary/aromatic N) is 6. The molecule has 0 aliphatic carbocycles. The fraction of sp³-hybridized carbons (Fsp3) is 0. The average Bonchev–Trinajstić information content (AvgIpc) is 1.57. The molecule has 0 amide bonds. The van der Waals surface area contributed by atoms with Crippen LogP contribution in [0.25, 0.3) is 177 Å². The first kappa shape index (κ1) is 85.0. The van der Waals surface area contributed by atoms with E-state index in [1.54, 1.807) is 0 Å². The van der Waals surface area contributed by atoms with Crippen LogP contribution in [-0.4, -0.2) is 13.7 Å². The number of hydrogen-bond donors (Lipinski definition) is 0. The zero-order valence-electron chi connectivity index (χ0n) is 76.9. The van der Waals surface area contributed by atoms with Crippen LogP contribution in [0.5, 0.6) is 0 Å². The van der Waals surface area contributed by atoms with E-state index in [0.717, 1.165) is 51.2 Å². The Morgan fingerprint density at radius 2 is 0.305 bits per heavy atom. The van der Waals surface area contributed by atoms with E-state index >= 15 is 0 Å². The van der Waals surface area contributed by atoms with Crippen molar-refractivity contribution in [2.45, 2.75) is 0 Å². The van der Waals surface area contributed by atoms with Gasteiger partial charge in [-0.1, -0.05) is 382 Å². The lowest BCUT2D eigenvalue weighted by atomic mass is 10.00. The molecule has 6 heterocycles. The average molecular weight is 1860 g/mol. The fourth-order valence-corrected chi connectivity index (χ4v) is 24.5. The first-order valence-corrected chi connectivity index (χ1v) is 50.3. The molecule has 27 rings (SSSR count). The molecule has 0 atom stereocenters. The second-order valence-corrected chi connectivity index (χ2v) is 38.4. The van der Waals surface area contributed by atoms with Crippen LogP contribution in [0.15, 0.2) is 546 Å². The van der Waals surface area contributed by atoms with E-state index in [2.05, 4.69) is 574 Å². The highest BCUT2D eigenvalue weighted by molar-refractivity contribution is 7.28. The zero-order chi connectivity index (χ0) is 93.5. The highest BCUT2D eigenvalue weighted by Gasteiger charge is 2.26. The maximum atomic E-state index is 2.43. The van der Waals surface area contributed by atoms with Crippen molar-refractivity contribution in [3.8, 4) is 83.8 Å². The lowest BCUT2D eigenvalue weighted by molar-refractivity contribution is 1.19.